The number of nitrogens with one attached hydrogen (secondary N) is 1. The van der Waals surface area contributed by atoms with Crippen LogP contribution in [0.1, 0.15) is 90.5 Å². The molecule has 4 aliphatic heterocycles. The van der Waals surface area contributed by atoms with Crippen molar-refractivity contribution in [3.8, 4) is 22.8 Å². The van der Waals surface area contributed by atoms with Crippen LogP contribution < -0.4 is 5.32 Å². The van der Waals surface area contributed by atoms with Gasteiger partial charge in [-0.3, -0.25) is 9.59 Å². The number of carboxylic acid groups (broad SMARTS) is 1. The lowest BCUT2D eigenvalue weighted by atomic mass is 9.79. The average molecular weight is 1040 g/mol. The van der Waals surface area contributed by atoms with Gasteiger partial charge in [-0.1, -0.05) is 17.2 Å². The normalized spacial score (nSPS) is 16.6. The summed E-state index contributed by atoms with van der Waals surface area (Å²) in [5.41, 5.74) is 2.60. The van der Waals surface area contributed by atoms with Crippen LogP contribution in [0.3, 0.4) is 0 Å². The molecule has 402 valence electrons. The Morgan fingerprint density at radius 1 is 0.689 bits per heavy atom. The summed E-state index contributed by atoms with van der Waals surface area (Å²) in [6, 6.07) is 9.71. The number of aryl methyl sites for hydroxylation is 3. The van der Waals surface area contributed by atoms with Gasteiger partial charge >= 0.3 is 30.3 Å². The lowest BCUT2D eigenvalue weighted by Gasteiger charge is -2.47. The van der Waals surface area contributed by atoms with Crippen LogP contribution in [0, 0.1) is 31.6 Å². The van der Waals surface area contributed by atoms with Crippen molar-refractivity contribution in [2.75, 3.05) is 59.0 Å². The number of nitrogens with zero attached hydrogens (tertiary/aromatic N) is 9. The first-order valence-electron chi connectivity index (χ1n) is 24.2. The molecular formula is C52H69F3N10O9. The quantitative estimate of drug-likeness (QED) is 0.102. The maximum atomic E-state index is 12.8. The molecule has 74 heavy (non-hydrogen) atoms. The van der Waals surface area contributed by atoms with E-state index in [-0.39, 0.29) is 46.5 Å². The molecule has 6 heterocycles. The molecule has 4 fully saturated rings. The first-order chi connectivity index (χ1) is 34.4. The Bertz CT molecular complexity index is 2660. The van der Waals surface area contributed by atoms with Gasteiger partial charge in [-0.05, 0) is 125 Å². The van der Waals surface area contributed by atoms with Gasteiger partial charge in [0.25, 0.3) is 0 Å². The molecule has 4 aliphatic rings. The fourth-order valence-corrected chi connectivity index (χ4v) is 8.61. The number of rotatable bonds is 7. The molecule has 22 heteroatoms. The Hall–Kier alpha value is -7.10. The van der Waals surface area contributed by atoms with Gasteiger partial charge in [0.05, 0.1) is 12.2 Å². The lowest BCUT2D eigenvalue weighted by Crippen LogP contribution is -2.60. The molecule has 2 N–H and O–H groups in total. The summed E-state index contributed by atoms with van der Waals surface area (Å²) in [5.74, 6) is -0.717. The van der Waals surface area contributed by atoms with Gasteiger partial charge in [0, 0.05) is 99.2 Å². The summed E-state index contributed by atoms with van der Waals surface area (Å²) >= 11 is 0. The minimum Gasteiger partial charge on any atom is -0.478 e. The molecule has 2 aromatic heterocycles. The van der Waals surface area contributed by atoms with E-state index in [2.05, 4.69) is 36.3 Å². The van der Waals surface area contributed by atoms with E-state index in [0.29, 0.717) is 49.6 Å². The number of esters is 1. The van der Waals surface area contributed by atoms with E-state index in [1.165, 1.54) is 31.8 Å². The fourth-order valence-electron chi connectivity index (χ4n) is 8.61. The highest BCUT2D eigenvalue weighted by Crippen LogP contribution is 2.40. The summed E-state index contributed by atoms with van der Waals surface area (Å²) in [6.45, 7) is 27.0. The summed E-state index contributed by atoms with van der Waals surface area (Å²) < 4.78 is 56.1. The number of amides is 3. The second-order valence-corrected chi connectivity index (χ2v) is 21.1. The van der Waals surface area contributed by atoms with E-state index in [1.807, 2.05) is 72.4 Å². The number of aromatic nitrogens is 6. The highest BCUT2D eigenvalue weighted by molar-refractivity contribution is 5.90. The lowest BCUT2D eigenvalue weighted by molar-refractivity contribution is -0.140. The van der Waals surface area contributed by atoms with Crippen molar-refractivity contribution >= 4 is 42.4 Å². The number of benzene rings is 2. The Labute approximate surface area is 429 Å². The number of likely N-dealkylation sites (tertiary alicyclic amines) is 3. The molecule has 19 nitrogen and oxygen atoms in total. The third-order valence-electron chi connectivity index (χ3n) is 11.7. The molecule has 4 saturated heterocycles. The van der Waals surface area contributed by atoms with Gasteiger partial charge in [-0.15, -0.1) is 10.2 Å². The number of carbonyl (C=O) groups excluding carboxylic acids is 4. The molecule has 8 rings (SSSR count). The summed E-state index contributed by atoms with van der Waals surface area (Å²) in [4.78, 5) is 70.3. The molecular weight excluding hydrogens is 966 g/mol. The van der Waals surface area contributed by atoms with E-state index in [0.717, 1.165) is 78.4 Å². The summed E-state index contributed by atoms with van der Waals surface area (Å²) in [7, 11) is 0. The molecule has 4 aromatic rings. The fraction of sp³-hybridized carbons (Fsp3) is 0.519. The molecule has 0 radical (unpaired) electrons. The van der Waals surface area contributed by atoms with Gasteiger partial charge in [-0.2, -0.15) is 13.2 Å². The Balaban J connectivity index is 0.000000207. The predicted molar refractivity (Wildman–Crippen MR) is 270 cm³/mol. The number of alkyl halides is 3. The van der Waals surface area contributed by atoms with Crippen LogP contribution in [-0.2, 0) is 34.8 Å². The summed E-state index contributed by atoms with van der Waals surface area (Å²) in [5, 5.41) is 20.2. The Morgan fingerprint density at radius 3 is 1.59 bits per heavy atom. The van der Waals surface area contributed by atoms with Gasteiger partial charge in [-0.25, -0.2) is 33.7 Å². The number of aliphatic carboxylic acids is 1. The van der Waals surface area contributed by atoms with Gasteiger partial charge in [0.2, 0.25) is 5.91 Å². The molecule has 0 aliphatic carbocycles. The second-order valence-electron chi connectivity index (χ2n) is 21.1. The van der Waals surface area contributed by atoms with E-state index in [4.69, 9.17) is 14.6 Å². The number of hydrogen-bond acceptors (Lipinski definition) is 13. The van der Waals surface area contributed by atoms with Crippen molar-refractivity contribution in [2.45, 2.75) is 106 Å². The van der Waals surface area contributed by atoms with Gasteiger partial charge in [0.1, 0.15) is 23.9 Å². The maximum absolute atomic E-state index is 12.8. The molecule has 3 amide bonds. The number of ether oxygens (including phenoxy) is 3. The zero-order valence-corrected chi connectivity index (χ0v) is 44.1. The van der Waals surface area contributed by atoms with Crippen LogP contribution in [0.5, 0.6) is 0 Å². The zero-order valence-electron chi connectivity index (χ0n) is 44.1. The van der Waals surface area contributed by atoms with Gasteiger partial charge < -0.3 is 39.3 Å². The first kappa shape index (κ1) is 57.8. The SMILES string of the molecule is CC(C)(C)OC(=O)N1CC2(CCNC2)C1.CCOC(C)=O.Cc1cc(-c2ncn(/C=C\C(=O)O)n2)cc(C(F)(F)F)c1.Cc1cc(C)cc(-c2ncn(/C=C\C(=O)N3CCC4(C3)CN(C(=O)OC(C)(C)C)C4)n2)c1. The highest BCUT2D eigenvalue weighted by atomic mass is 19.4. The largest absolute Gasteiger partial charge is 0.478 e. The Morgan fingerprint density at radius 2 is 1.16 bits per heavy atom. The molecule has 2 spiro atoms. The molecule has 0 unspecified atom stereocenters. The number of hydrogen-bond donors (Lipinski definition) is 2. The van der Waals surface area contributed by atoms with Crippen LogP contribution >= 0.6 is 0 Å². The Kier molecular flexibility index (Phi) is 18.6. The third-order valence-corrected chi connectivity index (χ3v) is 11.7. The second kappa shape index (κ2) is 23.8. The maximum Gasteiger partial charge on any atom is 0.416 e. The molecule has 0 saturated carbocycles. The van der Waals surface area contributed by atoms with Crippen LogP contribution in [0.25, 0.3) is 35.2 Å². The van der Waals surface area contributed by atoms with Crippen LogP contribution in [0.15, 0.2) is 61.2 Å². The van der Waals surface area contributed by atoms with Crippen molar-refractivity contribution in [3.63, 3.8) is 0 Å². The average Bonchev–Trinajstić information content (AvgIpc) is 4.10. The van der Waals surface area contributed by atoms with E-state index in [9.17, 15) is 37.1 Å². The number of carbonyl (C=O) groups is 5. The van der Waals surface area contributed by atoms with Crippen LogP contribution in [0.2, 0.25) is 0 Å². The van der Waals surface area contributed by atoms with Gasteiger partial charge in [0.15, 0.2) is 11.6 Å². The summed E-state index contributed by atoms with van der Waals surface area (Å²) in [6.07, 6.45) is 5.15. The first-order valence-corrected chi connectivity index (χ1v) is 24.2. The molecule has 0 atom stereocenters. The monoisotopic (exact) mass is 1030 g/mol. The van der Waals surface area contributed by atoms with E-state index >= 15 is 0 Å². The van der Waals surface area contributed by atoms with Crippen molar-refractivity contribution in [2.24, 2.45) is 10.8 Å². The predicted octanol–water partition coefficient (Wildman–Crippen LogP) is 8.12. The van der Waals surface area contributed by atoms with E-state index < -0.39 is 23.3 Å². The number of carboxylic acids is 1. The number of halogens is 3. The van der Waals surface area contributed by atoms with E-state index in [1.54, 1.807) is 40.9 Å². The van der Waals surface area contributed by atoms with Crippen molar-refractivity contribution in [3.05, 3.63) is 83.5 Å². The molecule has 0 bridgehead atoms. The van der Waals surface area contributed by atoms with Crippen molar-refractivity contribution in [1.82, 2.24) is 49.5 Å². The smallest absolute Gasteiger partial charge is 0.416 e. The van der Waals surface area contributed by atoms with Crippen molar-refractivity contribution in [1.29, 1.82) is 0 Å². The minimum absolute atomic E-state index is 0.0101. The third kappa shape index (κ3) is 17.3. The zero-order chi connectivity index (χ0) is 54.8. The van der Waals surface area contributed by atoms with Crippen LogP contribution in [0.4, 0.5) is 22.8 Å². The standard InChI is InChI=1S/C24H31N5O3.C13H10F3N3O2.C11H20N2O2.C4H8O2/c1-17-10-18(2)12-19(11-17)21-25-16-29(26-21)8-6-20(30)27-9-7-24(13-27)14-28(15-24)22(31)32-23(3,4)5;1-8-4-9(6-10(5-8)13(14,15)16)12-17-7-19(18-12)3-2-11(20)21;1-10(2,3)15-9(14)13-7-11(8-13)4-5-12-6-11;1-3-6-4(2)5/h6,8,10-12,16H,7,9,13-15H2,1-5H3;2-7H,1H3,(H,20,21);12H,4-8H2,1-3H3;3H2,1-2H3/b8-6-;3-2-;;. The van der Waals surface area contributed by atoms with Crippen LogP contribution in [-0.4, -0.2) is 150 Å². The highest BCUT2D eigenvalue weighted by Gasteiger charge is 2.51. The topological polar surface area (TPSA) is 216 Å². The minimum atomic E-state index is -4.45. The molecule has 2 aromatic carbocycles. The van der Waals surface area contributed by atoms with Crippen molar-refractivity contribution < 1.29 is 56.5 Å².